The summed E-state index contributed by atoms with van der Waals surface area (Å²) in [5.74, 6) is 1.01. The van der Waals surface area contributed by atoms with E-state index in [0.29, 0.717) is 29.9 Å². The smallest absolute Gasteiger partial charge is 0.261 e. The van der Waals surface area contributed by atoms with Crippen LogP contribution in [-0.2, 0) is 23.1 Å². The third-order valence-corrected chi connectivity index (χ3v) is 4.97. The standard InChI is InChI=1S/C21H24N4O4/c1-14(26)23-19-10-15(4-5-22-19)18-13-24(2)21(27)17-11-16(29-20(17)18)12-25-6-3-8-28-9-7-25/h4-5,10-11,13H,3,6-9,12H2,1-2H3,(H,22,23,26). The van der Waals surface area contributed by atoms with E-state index in [2.05, 4.69) is 15.2 Å². The maximum atomic E-state index is 12.7. The van der Waals surface area contributed by atoms with Crippen LogP contribution in [0.1, 0.15) is 19.1 Å². The predicted molar refractivity (Wildman–Crippen MR) is 110 cm³/mol. The zero-order valence-electron chi connectivity index (χ0n) is 16.6. The van der Waals surface area contributed by atoms with Crippen molar-refractivity contribution in [2.75, 3.05) is 31.6 Å². The number of aromatic nitrogens is 2. The van der Waals surface area contributed by atoms with Crippen molar-refractivity contribution in [3.05, 3.63) is 46.7 Å². The fourth-order valence-corrected chi connectivity index (χ4v) is 3.61. The van der Waals surface area contributed by atoms with E-state index < -0.39 is 0 Å². The number of amides is 1. The molecule has 1 saturated heterocycles. The van der Waals surface area contributed by atoms with E-state index in [0.717, 1.165) is 43.0 Å². The summed E-state index contributed by atoms with van der Waals surface area (Å²) in [6.45, 7) is 5.33. The van der Waals surface area contributed by atoms with Crippen molar-refractivity contribution in [1.82, 2.24) is 14.5 Å². The second-order valence-corrected chi connectivity index (χ2v) is 7.27. The number of carbonyl (C=O) groups is 1. The Kier molecular flexibility index (Phi) is 5.46. The van der Waals surface area contributed by atoms with Crippen molar-refractivity contribution in [1.29, 1.82) is 0 Å². The van der Waals surface area contributed by atoms with Crippen LogP contribution in [0.3, 0.4) is 0 Å². The van der Waals surface area contributed by atoms with Gasteiger partial charge in [-0.25, -0.2) is 4.98 Å². The van der Waals surface area contributed by atoms with Gasteiger partial charge in [0.25, 0.3) is 5.56 Å². The summed E-state index contributed by atoms with van der Waals surface area (Å²) in [5, 5.41) is 3.23. The normalized spacial score (nSPS) is 15.4. The van der Waals surface area contributed by atoms with Gasteiger partial charge in [-0.15, -0.1) is 0 Å². The molecule has 0 saturated carbocycles. The summed E-state index contributed by atoms with van der Waals surface area (Å²) in [6, 6.07) is 5.44. The van der Waals surface area contributed by atoms with Gasteiger partial charge in [-0.3, -0.25) is 14.5 Å². The van der Waals surface area contributed by atoms with E-state index in [1.807, 2.05) is 12.1 Å². The number of rotatable bonds is 4. The van der Waals surface area contributed by atoms with Gasteiger partial charge in [-0.1, -0.05) is 0 Å². The van der Waals surface area contributed by atoms with Gasteiger partial charge in [-0.05, 0) is 30.2 Å². The first-order valence-corrected chi connectivity index (χ1v) is 9.67. The molecule has 0 unspecified atom stereocenters. The lowest BCUT2D eigenvalue weighted by Crippen LogP contribution is -2.25. The van der Waals surface area contributed by atoms with Crippen LogP contribution >= 0.6 is 0 Å². The molecule has 29 heavy (non-hydrogen) atoms. The average Bonchev–Trinajstić information content (AvgIpc) is 2.93. The summed E-state index contributed by atoms with van der Waals surface area (Å²) in [6.07, 6.45) is 4.36. The van der Waals surface area contributed by atoms with Crippen LogP contribution in [0.2, 0.25) is 0 Å². The molecule has 4 rings (SSSR count). The largest absolute Gasteiger partial charge is 0.459 e. The Morgan fingerprint density at radius 3 is 2.97 bits per heavy atom. The molecule has 0 spiro atoms. The van der Waals surface area contributed by atoms with Gasteiger partial charge in [0, 0.05) is 51.6 Å². The fourth-order valence-electron chi connectivity index (χ4n) is 3.61. The van der Waals surface area contributed by atoms with E-state index >= 15 is 0 Å². The molecule has 1 aliphatic heterocycles. The number of nitrogens with one attached hydrogen (secondary N) is 1. The Morgan fingerprint density at radius 2 is 2.14 bits per heavy atom. The Bertz CT molecular complexity index is 1090. The van der Waals surface area contributed by atoms with Crippen LogP contribution in [0, 0.1) is 0 Å². The van der Waals surface area contributed by atoms with E-state index in [9.17, 15) is 9.59 Å². The maximum absolute atomic E-state index is 12.7. The molecule has 0 aromatic carbocycles. The third kappa shape index (κ3) is 4.23. The molecule has 1 N–H and O–H groups in total. The number of anilines is 1. The highest BCUT2D eigenvalue weighted by Gasteiger charge is 2.18. The Labute approximate surface area is 168 Å². The van der Waals surface area contributed by atoms with Crippen LogP contribution in [0.4, 0.5) is 5.82 Å². The number of hydrogen-bond donors (Lipinski definition) is 1. The number of carbonyl (C=O) groups excluding carboxylic acids is 1. The predicted octanol–water partition coefficient (Wildman–Crippen LogP) is 2.37. The van der Waals surface area contributed by atoms with Gasteiger partial charge in [0.05, 0.1) is 18.5 Å². The molecule has 8 nitrogen and oxygen atoms in total. The van der Waals surface area contributed by atoms with E-state index in [1.54, 1.807) is 30.1 Å². The second-order valence-electron chi connectivity index (χ2n) is 7.27. The lowest BCUT2D eigenvalue weighted by molar-refractivity contribution is -0.114. The van der Waals surface area contributed by atoms with E-state index in [1.165, 1.54) is 6.92 Å². The molecule has 3 aromatic rings. The summed E-state index contributed by atoms with van der Waals surface area (Å²) >= 11 is 0. The van der Waals surface area contributed by atoms with E-state index in [4.69, 9.17) is 9.15 Å². The van der Waals surface area contributed by atoms with Gasteiger partial charge in [0.2, 0.25) is 5.91 Å². The van der Waals surface area contributed by atoms with Crippen LogP contribution in [0.15, 0.2) is 39.8 Å². The molecule has 1 fully saturated rings. The SMILES string of the molecule is CC(=O)Nc1cc(-c2cn(C)c(=O)c3cc(CN4CCCOCC4)oc23)ccn1. The number of ether oxygens (including phenoxy) is 1. The zero-order valence-corrected chi connectivity index (χ0v) is 16.6. The lowest BCUT2D eigenvalue weighted by Gasteiger charge is -2.16. The Hall–Kier alpha value is -2.97. The number of aryl methyl sites for hydroxylation is 1. The van der Waals surface area contributed by atoms with Gasteiger partial charge < -0.3 is 19.0 Å². The average molecular weight is 396 g/mol. The molecule has 0 aliphatic carbocycles. The topological polar surface area (TPSA) is 89.6 Å². The van der Waals surface area contributed by atoms with Crippen molar-refractivity contribution in [3.8, 4) is 11.1 Å². The number of nitrogens with zero attached hydrogens (tertiary/aromatic N) is 3. The summed E-state index contributed by atoms with van der Waals surface area (Å²) in [7, 11) is 1.72. The molecule has 1 amide bonds. The zero-order chi connectivity index (χ0) is 20.4. The first-order chi connectivity index (χ1) is 14.0. The molecule has 3 aromatic heterocycles. The van der Waals surface area contributed by atoms with Gasteiger partial charge in [-0.2, -0.15) is 0 Å². The molecule has 4 heterocycles. The quantitative estimate of drug-likeness (QED) is 0.728. The summed E-state index contributed by atoms with van der Waals surface area (Å²) < 4.78 is 13.2. The highest BCUT2D eigenvalue weighted by Crippen LogP contribution is 2.30. The van der Waals surface area contributed by atoms with Crippen molar-refractivity contribution >= 4 is 22.7 Å². The van der Waals surface area contributed by atoms with Crippen molar-refractivity contribution in [2.45, 2.75) is 19.9 Å². The molecular formula is C21H24N4O4. The fraction of sp³-hybridized carbons (Fsp3) is 0.381. The Balaban J connectivity index is 1.74. The molecule has 152 valence electrons. The van der Waals surface area contributed by atoms with Gasteiger partial charge in [0.15, 0.2) is 0 Å². The van der Waals surface area contributed by atoms with Crippen LogP contribution in [0.25, 0.3) is 22.1 Å². The molecular weight excluding hydrogens is 372 g/mol. The number of hydrogen-bond acceptors (Lipinski definition) is 6. The molecule has 1 aliphatic rings. The monoisotopic (exact) mass is 396 g/mol. The molecule has 8 heteroatoms. The van der Waals surface area contributed by atoms with E-state index in [-0.39, 0.29) is 11.5 Å². The highest BCUT2D eigenvalue weighted by molar-refractivity contribution is 5.93. The molecule has 0 atom stereocenters. The molecule has 0 bridgehead atoms. The first-order valence-electron chi connectivity index (χ1n) is 9.67. The number of furan rings is 1. The maximum Gasteiger partial charge on any atom is 0.261 e. The molecule has 0 radical (unpaired) electrons. The van der Waals surface area contributed by atoms with Crippen molar-refractivity contribution in [3.63, 3.8) is 0 Å². The third-order valence-electron chi connectivity index (χ3n) is 4.97. The minimum absolute atomic E-state index is 0.103. The summed E-state index contributed by atoms with van der Waals surface area (Å²) in [4.78, 5) is 30.5. The highest BCUT2D eigenvalue weighted by atomic mass is 16.5. The number of pyridine rings is 2. The van der Waals surface area contributed by atoms with Gasteiger partial charge in [0.1, 0.15) is 17.2 Å². The van der Waals surface area contributed by atoms with Crippen LogP contribution in [-0.4, -0.2) is 46.7 Å². The Morgan fingerprint density at radius 1 is 1.28 bits per heavy atom. The minimum atomic E-state index is -0.193. The van der Waals surface area contributed by atoms with Gasteiger partial charge >= 0.3 is 0 Å². The van der Waals surface area contributed by atoms with Crippen molar-refractivity contribution < 1.29 is 13.9 Å². The number of fused-ring (bicyclic) bond motifs is 1. The minimum Gasteiger partial charge on any atom is -0.459 e. The van der Waals surface area contributed by atoms with Crippen LogP contribution < -0.4 is 10.9 Å². The second kappa shape index (κ2) is 8.18. The summed E-state index contributed by atoms with van der Waals surface area (Å²) in [5.41, 5.74) is 2.04. The first kappa shape index (κ1) is 19.4. The van der Waals surface area contributed by atoms with Crippen molar-refractivity contribution in [2.24, 2.45) is 7.05 Å². The lowest BCUT2D eigenvalue weighted by atomic mass is 10.1. The van der Waals surface area contributed by atoms with Crippen LogP contribution in [0.5, 0.6) is 0 Å².